The van der Waals surface area contributed by atoms with Crippen LogP contribution in [-0.2, 0) is 0 Å². The number of hydrogen-bond donors (Lipinski definition) is 1. The first kappa shape index (κ1) is 14.8. The van der Waals surface area contributed by atoms with E-state index in [1.807, 2.05) is 6.92 Å². The van der Waals surface area contributed by atoms with Crippen LogP contribution >= 0.6 is 0 Å². The fraction of sp³-hybridized carbons (Fsp3) is 1.00. The van der Waals surface area contributed by atoms with Gasteiger partial charge in [0.15, 0.2) is 0 Å². The number of nitrogens with one attached hydrogen (secondary N) is 1. The molecule has 0 heterocycles. The highest BCUT2D eigenvalue weighted by Crippen LogP contribution is 2.31. The molecule has 1 fully saturated rings. The Balaban J connectivity index is 2.36. The van der Waals surface area contributed by atoms with Crippen molar-refractivity contribution in [1.82, 2.24) is 10.2 Å². The van der Waals surface area contributed by atoms with Gasteiger partial charge in [0.2, 0.25) is 0 Å². The summed E-state index contributed by atoms with van der Waals surface area (Å²) in [6.45, 7) is 6.76. The normalized spacial score (nSPS) is 19.1. The topological polar surface area (TPSA) is 15.3 Å². The van der Waals surface area contributed by atoms with Gasteiger partial charge in [-0.15, -0.1) is 0 Å². The molecule has 1 aliphatic carbocycles. The molecule has 2 nitrogen and oxygen atoms in total. The predicted molar refractivity (Wildman–Crippen MR) is 63.0 cm³/mol. The van der Waals surface area contributed by atoms with Gasteiger partial charge in [0.25, 0.3) is 0 Å². The molecule has 5 heteroatoms. The minimum absolute atomic E-state index is 0.0529. The van der Waals surface area contributed by atoms with Crippen molar-refractivity contribution in [3.05, 3.63) is 0 Å². The van der Waals surface area contributed by atoms with Crippen LogP contribution in [0.5, 0.6) is 0 Å². The Morgan fingerprint density at radius 3 is 2.18 bits per heavy atom. The van der Waals surface area contributed by atoms with Crippen LogP contribution in [0, 0.1) is 5.92 Å². The lowest BCUT2D eigenvalue weighted by molar-refractivity contribution is -0.151. The van der Waals surface area contributed by atoms with Crippen LogP contribution in [0.3, 0.4) is 0 Å². The Morgan fingerprint density at radius 1 is 1.18 bits per heavy atom. The van der Waals surface area contributed by atoms with Gasteiger partial charge in [-0.1, -0.05) is 13.8 Å². The van der Waals surface area contributed by atoms with Gasteiger partial charge in [-0.05, 0) is 32.2 Å². The standard InChI is InChI=1S/C12H23F3N2/c1-9(2)6-16-7-10(3)17(11-4-5-11)8-12(13,14)15/h9-11,16H,4-8H2,1-3H3. The molecule has 0 saturated heterocycles. The summed E-state index contributed by atoms with van der Waals surface area (Å²) >= 11 is 0. The van der Waals surface area contributed by atoms with E-state index in [1.54, 1.807) is 4.90 Å². The molecule has 0 aromatic rings. The fourth-order valence-corrected chi connectivity index (χ4v) is 1.96. The van der Waals surface area contributed by atoms with Crippen molar-refractivity contribution < 1.29 is 13.2 Å². The van der Waals surface area contributed by atoms with Crippen LogP contribution in [0.25, 0.3) is 0 Å². The first-order chi connectivity index (χ1) is 7.79. The van der Waals surface area contributed by atoms with Crippen LogP contribution in [0.4, 0.5) is 13.2 Å². The van der Waals surface area contributed by atoms with Gasteiger partial charge in [-0.3, -0.25) is 4.90 Å². The van der Waals surface area contributed by atoms with E-state index >= 15 is 0 Å². The average molecular weight is 252 g/mol. The maximum Gasteiger partial charge on any atom is 0.401 e. The van der Waals surface area contributed by atoms with Crippen molar-refractivity contribution in [3.63, 3.8) is 0 Å². The van der Waals surface area contributed by atoms with Crippen molar-refractivity contribution in [2.24, 2.45) is 5.92 Å². The summed E-state index contributed by atoms with van der Waals surface area (Å²) in [4.78, 5) is 1.59. The van der Waals surface area contributed by atoms with Gasteiger partial charge in [-0.2, -0.15) is 13.2 Å². The Hall–Kier alpha value is -0.290. The van der Waals surface area contributed by atoms with E-state index < -0.39 is 12.7 Å². The summed E-state index contributed by atoms with van der Waals surface area (Å²) in [6.07, 6.45) is -2.27. The monoisotopic (exact) mass is 252 g/mol. The third-order valence-electron chi connectivity index (χ3n) is 2.94. The Bertz CT molecular complexity index is 224. The van der Waals surface area contributed by atoms with E-state index in [4.69, 9.17) is 0 Å². The van der Waals surface area contributed by atoms with E-state index in [1.165, 1.54) is 0 Å². The van der Waals surface area contributed by atoms with E-state index in [2.05, 4.69) is 19.2 Å². The first-order valence-electron chi connectivity index (χ1n) is 6.33. The van der Waals surface area contributed by atoms with E-state index in [9.17, 15) is 13.2 Å². The second kappa shape index (κ2) is 6.05. The minimum Gasteiger partial charge on any atom is -0.315 e. The maximum atomic E-state index is 12.4. The van der Waals surface area contributed by atoms with Gasteiger partial charge in [0.05, 0.1) is 6.54 Å². The Labute approximate surface area is 102 Å². The maximum absolute atomic E-state index is 12.4. The van der Waals surface area contributed by atoms with Gasteiger partial charge in [-0.25, -0.2) is 0 Å². The Kier molecular flexibility index (Phi) is 5.25. The molecule has 0 amide bonds. The summed E-state index contributed by atoms with van der Waals surface area (Å²) in [5, 5.41) is 3.22. The van der Waals surface area contributed by atoms with Crippen molar-refractivity contribution in [2.45, 2.75) is 51.9 Å². The number of hydrogen-bond acceptors (Lipinski definition) is 2. The highest BCUT2D eigenvalue weighted by Gasteiger charge is 2.39. The minimum atomic E-state index is -4.09. The molecule has 0 bridgehead atoms. The van der Waals surface area contributed by atoms with Crippen LogP contribution in [0.1, 0.15) is 33.6 Å². The number of halogens is 3. The summed E-state index contributed by atoms with van der Waals surface area (Å²) in [5.74, 6) is 0.527. The molecule has 1 N–H and O–H groups in total. The summed E-state index contributed by atoms with van der Waals surface area (Å²) < 4.78 is 37.3. The zero-order chi connectivity index (χ0) is 13.1. The second-order valence-electron chi connectivity index (χ2n) is 5.42. The largest absolute Gasteiger partial charge is 0.401 e. The molecular weight excluding hydrogens is 229 g/mol. The third kappa shape index (κ3) is 6.27. The highest BCUT2D eigenvalue weighted by atomic mass is 19.4. The quantitative estimate of drug-likeness (QED) is 0.749. The van der Waals surface area contributed by atoms with Gasteiger partial charge < -0.3 is 5.32 Å². The van der Waals surface area contributed by atoms with Crippen LogP contribution in [0.15, 0.2) is 0 Å². The van der Waals surface area contributed by atoms with Crippen LogP contribution < -0.4 is 5.32 Å². The summed E-state index contributed by atoms with van der Waals surface area (Å²) in [6, 6.07) is 0.0929. The van der Waals surface area contributed by atoms with Crippen molar-refractivity contribution in [3.8, 4) is 0 Å². The molecule has 1 saturated carbocycles. The zero-order valence-electron chi connectivity index (χ0n) is 10.8. The summed E-state index contributed by atoms with van der Waals surface area (Å²) in [7, 11) is 0. The van der Waals surface area contributed by atoms with Crippen molar-refractivity contribution in [2.75, 3.05) is 19.6 Å². The molecule has 0 aromatic carbocycles. The lowest BCUT2D eigenvalue weighted by atomic mass is 10.2. The Morgan fingerprint density at radius 2 is 1.76 bits per heavy atom. The highest BCUT2D eigenvalue weighted by molar-refractivity contribution is 4.89. The molecule has 0 radical (unpaired) electrons. The molecule has 17 heavy (non-hydrogen) atoms. The number of alkyl halides is 3. The summed E-state index contributed by atoms with van der Waals surface area (Å²) in [5.41, 5.74) is 0. The predicted octanol–water partition coefficient (Wildman–Crippen LogP) is 2.65. The van der Waals surface area contributed by atoms with Crippen LogP contribution in [-0.4, -0.2) is 42.8 Å². The fourth-order valence-electron chi connectivity index (χ4n) is 1.96. The zero-order valence-corrected chi connectivity index (χ0v) is 10.8. The number of rotatable bonds is 7. The molecule has 1 aliphatic rings. The van der Waals surface area contributed by atoms with E-state index in [0.717, 1.165) is 19.4 Å². The van der Waals surface area contributed by atoms with Gasteiger partial charge >= 0.3 is 6.18 Å². The first-order valence-corrected chi connectivity index (χ1v) is 6.33. The van der Waals surface area contributed by atoms with E-state index in [-0.39, 0.29) is 12.1 Å². The average Bonchev–Trinajstić information content (AvgIpc) is 2.95. The molecule has 102 valence electrons. The number of nitrogens with zero attached hydrogens (tertiary/aromatic N) is 1. The molecule has 1 rings (SSSR count). The molecule has 0 aliphatic heterocycles. The van der Waals surface area contributed by atoms with E-state index in [0.29, 0.717) is 12.5 Å². The second-order valence-corrected chi connectivity index (χ2v) is 5.42. The lowest BCUT2D eigenvalue weighted by Crippen LogP contribution is -2.46. The van der Waals surface area contributed by atoms with Crippen LogP contribution in [0.2, 0.25) is 0 Å². The molecule has 0 spiro atoms. The lowest BCUT2D eigenvalue weighted by Gasteiger charge is -2.30. The SMILES string of the molecule is CC(C)CNCC(C)N(CC(F)(F)F)C1CC1. The molecule has 0 aromatic heterocycles. The third-order valence-corrected chi connectivity index (χ3v) is 2.94. The van der Waals surface area contributed by atoms with Gasteiger partial charge in [0, 0.05) is 18.6 Å². The molecule has 1 atom stereocenters. The van der Waals surface area contributed by atoms with Gasteiger partial charge in [0.1, 0.15) is 0 Å². The smallest absolute Gasteiger partial charge is 0.315 e. The van der Waals surface area contributed by atoms with Crippen molar-refractivity contribution in [1.29, 1.82) is 0 Å². The molecule has 1 unspecified atom stereocenters. The van der Waals surface area contributed by atoms with Crippen molar-refractivity contribution >= 4 is 0 Å². The molecular formula is C12H23F3N2.